The van der Waals surface area contributed by atoms with Gasteiger partial charge in [-0.25, -0.2) is 0 Å². The summed E-state index contributed by atoms with van der Waals surface area (Å²) in [5, 5.41) is 3.27. The van der Waals surface area contributed by atoms with Crippen molar-refractivity contribution in [1.82, 2.24) is 15.2 Å². The number of H-pyrrole nitrogens is 1. The van der Waals surface area contributed by atoms with Crippen LogP contribution in [0.5, 0.6) is 0 Å². The van der Waals surface area contributed by atoms with Crippen LogP contribution in [0, 0.1) is 0 Å². The zero-order valence-corrected chi connectivity index (χ0v) is 9.57. The third-order valence-electron chi connectivity index (χ3n) is 2.89. The van der Waals surface area contributed by atoms with Crippen molar-refractivity contribution in [3.8, 4) is 0 Å². The summed E-state index contributed by atoms with van der Waals surface area (Å²) < 4.78 is 0. The lowest BCUT2D eigenvalue weighted by Crippen LogP contribution is -2.47. The smallest absolute Gasteiger partial charge is 0.242 e. The van der Waals surface area contributed by atoms with Crippen LogP contribution in [0.4, 0.5) is 5.82 Å². The summed E-state index contributed by atoms with van der Waals surface area (Å²) >= 11 is 0. The van der Waals surface area contributed by atoms with Gasteiger partial charge in [0.15, 0.2) is 0 Å². The molecule has 2 heterocycles. The van der Waals surface area contributed by atoms with Crippen molar-refractivity contribution in [1.29, 1.82) is 0 Å². The van der Waals surface area contributed by atoms with Gasteiger partial charge in [0.05, 0.1) is 6.54 Å². The number of nitrogens with zero attached hydrogens (tertiary/aromatic N) is 2. The number of rotatable bonds is 3. The van der Waals surface area contributed by atoms with Crippen molar-refractivity contribution in [2.45, 2.75) is 0 Å². The number of aromatic nitrogens is 1. The molecule has 1 saturated heterocycles. The highest BCUT2D eigenvalue weighted by molar-refractivity contribution is 5.93. The SMILES string of the molecule is CN(C(=O)CN1CCNCC1)c1ccc[nH]1. The number of piperazine rings is 1. The highest BCUT2D eigenvalue weighted by Gasteiger charge is 2.17. The average molecular weight is 222 g/mol. The summed E-state index contributed by atoms with van der Waals surface area (Å²) in [4.78, 5) is 18.8. The largest absolute Gasteiger partial charge is 0.348 e. The third kappa shape index (κ3) is 2.62. The van der Waals surface area contributed by atoms with Crippen molar-refractivity contribution >= 4 is 11.7 Å². The zero-order valence-electron chi connectivity index (χ0n) is 9.57. The minimum Gasteiger partial charge on any atom is -0.348 e. The second-order valence-electron chi connectivity index (χ2n) is 4.03. The molecule has 16 heavy (non-hydrogen) atoms. The van der Waals surface area contributed by atoms with Crippen LogP contribution in [-0.4, -0.2) is 55.6 Å². The highest BCUT2D eigenvalue weighted by Crippen LogP contribution is 2.08. The van der Waals surface area contributed by atoms with Gasteiger partial charge < -0.3 is 15.2 Å². The quantitative estimate of drug-likeness (QED) is 0.750. The molecule has 5 heteroatoms. The Hall–Kier alpha value is -1.33. The van der Waals surface area contributed by atoms with Gasteiger partial charge in [-0.05, 0) is 12.1 Å². The van der Waals surface area contributed by atoms with E-state index < -0.39 is 0 Å². The van der Waals surface area contributed by atoms with Gasteiger partial charge in [0, 0.05) is 39.4 Å². The molecule has 1 aromatic rings. The van der Waals surface area contributed by atoms with E-state index in [2.05, 4.69) is 15.2 Å². The van der Waals surface area contributed by atoms with Crippen LogP contribution in [0.2, 0.25) is 0 Å². The predicted octanol–water partition coefficient (Wildman–Crippen LogP) is -0.117. The van der Waals surface area contributed by atoms with E-state index in [1.54, 1.807) is 11.9 Å². The normalized spacial score (nSPS) is 17.3. The molecule has 0 aliphatic carbocycles. The monoisotopic (exact) mass is 222 g/mol. The summed E-state index contributed by atoms with van der Waals surface area (Å²) in [5.41, 5.74) is 0. The van der Waals surface area contributed by atoms with Crippen LogP contribution in [0.25, 0.3) is 0 Å². The summed E-state index contributed by atoms with van der Waals surface area (Å²) in [7, 11) is 1.80. The molecule has 0 bridgehead atoms. The number of nitrogens with one attached hydrogen (secondary N) is 2. The van der Waals surface area contributed by atoms with Crippen molar-refractivity contribution in [2.24, 2.45) is 0 Å². The fourth-order valence-corrected chi connectivity index (χ4v) is 1.83. The number of carbonyl (C=O) groups is 1. The molecule has 2 rings (SSSR count). The van der Waals surface area contributed by atoms with Crippen molar-refractivity contribution < 1.29 is 4.79 Å². The number of carbonyl (C=O) groups excluding carboxylic acids is 1. The fraction of sp³-hybridized carbons (Fsp3) is 0.545. The Labute approximate surface area is 95.4 Å². The predicted molar refractivity (Wildman–Crippen MR) is 63.5 cm³/mol. The van der Waals surface area contributed by atoms with Gasteiger partial charge in [-0.1, -0.05) is 0 Å². The van der Waals surface area contributed by atoms with Gasteiger partial charge in [-0.2, -0.15) is 0 Å². The lowest BCUT2D eigenvalue weighted by atomic mass is 10.3. The minimum absolute atomic E-state index is 0.129. The third-order valence-corrected chi connectivity index (χ3v) is 2.89. The van der Waals surface area contributed by atoms with E-state index in [1.165, 1.54) is 0 Å². The second kappa shape index (κ2) is 5.14. The Morgan fingerprint density at radius 1 is 1.50 bits per heavy atom. The Morgan fingerprint density at radius 2 is 2.25 bits per heavy atom. The van der Waals surface area contributed by atoms with Crippen molar-refractivity contribution in [3.05, 3.63) is 18.3 Å². The molecular weight excluding hydrogens is 204 g/mol. The summed E-state index contributed by atoms with van der Waals surface area (Å²) in [6.45, 7) is 4.34. The Morgan fingerprint density at radius 3 is 2.88 bits per heavy atom. The van der Waals surface area contributed by atoms with Gasteiger partial charge in [-0.15, -0.1) is 0 Å². The molecule has 1 fully saturated rings. The van der Waals surface area contributed by atoms with Gasteiger partial charge in [0.2, 0.25) is 5.91 Å². The molecule has 0 spiro atoms. The maximum atomic E-state index is 12.0. The molecule has 1 aromatic heterocycles. The molecule has 0 radical (unpaired) electrons. The van der Waals surface area contributed by atoms with E-state index in [0.717, 1.165) is 32.0 Å². The Balaban J connectivity index is 1.87. The highest BCUT2D eigenvalue weighted by atomic mass is 16.2. The Kier molecular flexibility index (Phi) is 3.58. The molecule has 5 nitrogen and oxygen atoms in total. The molecule has 0 saturated carbocycles. The van der Waals surface area contributed by atoms with E-state index in [-0.39, 0.29) is 5.91 Å². The molecule has 0 atom stereocenters. The summed E-state index contributed by atoms with van der Waals surface area (Å²) in [6.07, 6.45) is 1.82. The number of amides is 1. The zero-order chi connectivity index (χ0) is 11.4. The molecular formula is C11H18N4O. The van der Waals surface area contributed by atoms with Crippen LogP contribution in [0.15, 0.2) is 18.3 Å². The van der Waals surface area contributed by atoms with Crippen molar-refractivity contribution in [3.63, 3.8) is 0 Å². The number of hydrogen-bond donors (Lipinski definition) is 2. The number of aromatic amines is 1. The van der Waals surface area contributed by atoms with Crippen LogP contribution in [0.3, 0.4) is 0 Å². The first-order valence-electron chi connectivity index (χ1n) is 5.60. The second-order valence-corrected chi connectivity index (χ2v) is 4.03. The molecule has 2 N–H and O–H groups in total. The van der Waals surface area contributed by atoms with Crippen LogP contribution >= 0.6 is 0 Å². The Bertz CT molecular complexity index is 330. The molecule has 1 aliphatic heterocycles. The lowest BCUT2D eigenvalue weighted by Gasteiger charge is -2.28. The average Bonchev–Trinajstić information content (AvgIpc) is 2.83. The first-order valence-corrected chi connectivity index (χ1v) is 5.60. The van der Waals surface area contributed by atoms with Gasteiger partial charge in [0.25, 0.3) is 0 Å². The maximum Gasteiger partial charge on any atom is 0.242 e. The van der Waals surface area contributed by atoms with Crippen molar-refractivity contribution in [2.75, 3.05) is 44.7 Å². The van der Waals surface area contributed by atoms with Crippen LogP contribution < -0.4 is 10.2 Å². The molecule has 88 valence electrons. The first kappa shape index (κ1) is 11.2. The van der Waals surface area contributed by atoms with E-state index in [9.17, 15) is 4.79 Å². The standard InChI is InChI=1S/C11H18N4O/c1-14(10-3-2-4-13-10)11(16)9-15-7-5-12-6-8-15/h2-4,12-13H,5-9H2,1H3. The van der Waals surface area contributed by atoms with E-state index in [1.807, 2.05) is 18.3 Å². The molecule has 0 unspecified atom stereocenters. The molecule has 1 aliphatic rings. The number of anilines is 1. The van der Waals surface area contributed by atoms with E-state index >= 15 is 0 Å². The number of hydrogen-bond acceptors (Lipinski definition) is 3. The molecule has 0 aromatic carbocycles. The summed E-state index contributed by atoms with van der Waals surface area (Å²) in [6, 6.07) is 3.79. The van der Waals surface area contributed by atoms with Gasteiger partial charge in [0.1, 0.15) is 5.82 Å². The topological polar surface area (TPSA) is 51.4 Å². The summed E-state index contributed by atoms with van der Waals surface area (Å²) in [5.74, 6) is 0.976. The lowest BCUT2D eigenvalue weighted by molar-refractivity contribution is -0.119. The molecule has 1 amide bonds. The van der Waals surface area contributed by atoms with E-state index in [0.29, 0.717) is 6.54 Å². The fourth-order valence-electron chi connectivity index (χ4n) is 1.83. The minimum atomic E-state index is 0.129. The van der Waals surface area contributed by atoms with E-state index in [4.69, 9.17) is 0 Å². The maximum absolute atomic E-state index is 12.0. The van der Waals surface area contributed by atoms with Crippen LogP contribution in [0.1, 0.15) is 0 Å². The van der Waals surface area contributed by atoms with Gasteiger partial charge >= 0.3 is 0 Å². The first-order chi connectivity index (χ1) is 7.77. The number of likely N-dealkylation sites (N-methyl/N-ethyl adjacent to an activating group) is 1. The van der Waals surface area contributed by atoms with Crippen LogP contribution in [-0.2, 0) is 4.79 Å². The van der Waals surface area contributed by atoms with Gasteiger partial charge in [-0.3, -0.25) is 9.69 Å².